The Morgan fingerprint density at radius 3 is 2.40 bits per heavy atom. The zero-order valence-corrected chi connectivity index (χ0v) is 31.2. The van der Waals surface area contributed by atoms with Crippen LogP contribution in [-0.2, 0) is 39.9 Å². The van der Waals surface area contributed by atoms with Crippen molar-refractivity contribution in [2.24, 2.45) is 5.92 Å². The molecule has 0 aliphatic heterocycles. The molecule has 2 aromatic carbocycles. The van der Waals surface area contributed by atoms with Gasteiger partial charge in [-0.05, 0) is 62.1 Å². The predicted molar refractivity (Wildman–Crippen MR) is 192 cm³/mol. The van der Waals surface area contributed by atoms with Crippen LogP contribution in [0.2, 0.25) is 5.02 Å². The first-order valence-corrected chi connectivity index (χ1v) is 19.0. The summed E-state index contributed by atoms with van der Waals surface area (Å²) in [7, 11) is -3.85. The molecule has 3 heterocycles. The van der Waals surface area contributed by atoms with Crippen molar-refractivity contribution in [2.75, 3.05) is 11.0 Å². The fourth-order valence-corrected chi connectivity index (χ4v) is 7.51. The second-order valence-electron chi connectivity index (χ2n) is 14.0. The number of benzene rings is 2. The van der Waals surface area contributed by atoms with E-state index in [4.69, 9.17) is 11.6 Å². The summed E-state index contributed by atoms with van der Waals surface area (Å²) in [6.07, 6.45) is -4.69. The second kappa shape index (κ2) is 13.8. The quantitative estimate of drug-likeness (QED) is 0.102. The van der Waals surface area contributed by atoms with Crippen LogP contribution >= 0.6 is 11.6 Å². The van der Waals surface area contributed by atoms with E-state index in [1.165, 1.54) is 38.1 Å². The Kier molecular flexibility index (Phi) is 9.58. The molecule has 0 saturated heterocycles. The van der Waals surface area contributed by atoms with Gasteiger partial charge in [0.25, 0.3) is 0 Å². The van der Waals surface area contributed by atoms with Gasteiger partial charge in [-0.2, -0.15) is 32.1 Å². The normalized spacial score (nSPS) is 17.4. The number of aromatic nitrogens is 5. The average molecular weight is 834 g/mol. The number of pyridine rings is 1. The number of nitrogens with zero attached hydrogens (tertiary/aromatic N) is 4. The van der Waals surface area contributed by atoms with Crippen LogP contribution in [0.25, 0.3) is 22.0 Å². The van der Waals surface area contributed by atoms with Crippen LogP contribution in [0.5, 0.6) is 0 Å². The number of H-pyrrole nitrogens is 1. The number of carbonyl (C=O) groups is 1. The average Bonchev–Trinajstić information content (AvgIpc) is 3.68. The fourth-order valence-electron chi connectivity index (χ4n) is 6.76. The maximum absolute atomic E-state index is 15.5. The molecule has 0 spiro atoms. The van der Waals surface area contributed by atoms with E-state index in [1.54, 1.807) is 0 Å². The third-order valence-corrected chi connectivity index (χ3v) is 9.87. The molecular formula is C37H27ClF7N7O4S. The van der Waals surface area contributed by atoms with E-state index in [1.807, 2.05) is 0 Å². The van der Waals surface area contributed by atoms with Gasteiger partial charge in [0.15, 0.2) is 11.5 Å². The van der Waals surface area contributed by atoms with E-state index >= 15 is 8.78 Å². The van der Waals surface area contributed by atoms with E-state index in [0.717, 1.165) is 18.4 Å². The molecule has 2 aliphatic rings. The number of sulfonamides is 1. The molecule has 0 saturated carbocycles. The maximum Gasteiger partial charge on any atom is 0.435 e. The first-order valence-electron chi connectivity index (χ1n) is 16.7. The number of rotatable bonds is 9. The minimum Gasteiger partial charge on any atom is -0.378 e. The number of alkyl halides is 5. The van der Waals surface area contributed by atoms with Gasteiger partial charge in [0.05, 0.1) is 39.8 Å². The summed E-state index contributed by atoms with van der Waals surface area (Å²) in [6, 6.07) is 6.95. The molecule has 0 bridgehead atoms. The van der Waals surface area contributed by atoms with Gasteiger partial charge >= 0.3 is 12.1 Å². The zero-order valence-electron chi connectivity index (χ0n) is 29.6. The largest absolute Gasteiger partial charge is 0.435 e. The van der Waals surface area contributed by atoms with E-state index in [9.17, 15) is 40.3 Å². The monoisotopic (exact) mass is 833 g/mol. The Labute approximate surface area is 324 Å². The molecule has 4 N–H and O–H groups in total. The van der Waals surface area contributed by atoms with Gasteiger partial charge in [-0.15, -0.1) is 0 Å². The number of carbonyl (C=O) groups excluding carboxylic acids is 1. The lowest BCUT2D eigenvalue weighted by atomic mass is 9.84. The lowest BCUT2D eigenvalue weighted by Crippen LogP contribution is -2.36. The molecule has 0 fully saturated rings. The first kappa shape index (κ1) is 39.6. The third-order valence-electron chi connectivity index (χ3n) is 8.99. The van der Waals surface area contributed by atoms with E-state index < -0.39 is 93.1 Å². The van der Waals surface area contributed by atoms with Crippen molar-refractivity contribution in [2.45, 2.75) is 56.5 Å². The van der Waals surface area contributed by atoms with Gasteiger partial charge in [0.2, 0.25) is 15.9 Å². The molecule has 3 aromatic heterocycles. The molecule has 20 heteroatoms. The number of aromatic amines is 1. The first-order chi connectivity index (χ1) is 26.5. The maximum atomic E-state index is 15.5. The number of hydrogen-bond donors (Lipinski definition) is 4. The van der Waals surface area contributed by atoms with Gasteiger partial charge < -0.3 is 10.4 Å². The number of aliphatic hydroxyl groups is 1. The van der Waals surface area contributed by atoms with Crippen molar-refractivity contribution in [1.82, 2.24) is 30.3 Å². The number of fused-ring (bicyclic) bond motifs is 4. The molecule has 2 aliphatic carbocycles. The Bertz CT molecular complexity index is 2720. The van der Waals surface area contributed by atoms with Gasteiger partial charge in [-0.25, -0.2) is 22.2 Å². The molecule has 3 atom stereocenters. The van der Waals surface area contributed by atoms with Gasteiger partial charge in [0.1, 0.15) is 41.1 Å². The Morgan fingerprint density at radius 2 is 1.79 bits per heavy atom. The highest BCUT2D eigenvalue weighted by Crippen LogP contribution is 2.58. The Hall–Kier alpha value is -5.63. The lowest BCUT2D eigenvalue weighted by molar-refractivity contribution is -0.142. The van der Waals surface area contributed by atoms with E-state index in [0.29, 0.717) is 6.07 Å². The summed E-state index contributed by atoms with van der Waals surface area (Å²) in [5.41, 5.74) is -4.50. The minimum absolute atomic E-state index is 0.0182. The number of anilines is 1. The van der Waals surface area contributed by atoms with Crippen LogP contribution in [0.3, 0.4) is 0 Å². The third kappa shape index (κ3) is 7.74. The Balaban J connectivity index is 1.38. The second-order valence-corrected chi connectivity index (χ2v) is 16.1. The summed E-state index contributed by atoms with van der Waals surface area (Å²) >= 11 is 6.48. The molecule has 11 nitrogen and oxygen atoms in total. The molecule has 1 amide bonds. The molecule has 5 aromatic rings. The minimum atomic E-state index is -5.16. The SMILES string of the molecule is CC(C)(O)C#Cc1ccc(-c2ccc(Cl)c3c(NS(C)(=O)=O)n[nH]c23)c(C(Cc2cc(F)cc(F)c2)NC(=O)Cn2nc(C(F)(F)F)c3c2C(F)(F)[C@@H]2C#C[C@H]32)n1. The van der Waals surface area contributed by atoms with Crippen molar-refractivity contribution < 1.29 is 49.1 Å². The van der Waals surface area contributed by atoms with Crippen LogP contribution in [0.4, 0.5) is 36.6 Å². The van der Waals surface area contributed by atoms with E-state index in [-0.39, 0.29) is 54.5 Å². The van der Waals surface area contributed by atoms with Crippen molar-refractivity contribution in [3.05, 3.63) is 93.0 Å². The highest BCUT2D eigenvalue weighted by Gasteiger charge is 2.62. The summed E-state index contributed by atoms with van der Waals surface area (Å²) in [5.74, 6) is -0.496. The number of hydrogen-bond acceptors (Lipinski definition) is 7. The van der Waals surface area contributed by atoms with E-state index in [2.05, 4.69) is 54.0 Å². The summed E-state index contributed by atoms with van der Waals surface area (Å²) in [4.78, 5) is 18.5. The van der Waals surface area contributed by atoms with Gasteiger partial charge in [-0.3, -0.25) is 19.3 Å². The smallest absolute Gasteiger partial charge is 0.378 e. The summed E-state index contributed by atoms with van der Waals surface area (Å²) in [5, 5.41) is 23.2. The predicted octanol–water partition coefficient (Wildman–Crippen LogP) is 6.19. The highest BCUT2D eigenvalue weighted by molar-refractivity contribution is 7.92. The fraction of sp³-hybridized carbons (Fsp3) is 0.297. The van der Waals surface area contributed by atoms with Crippen LogP contribution in [0.1, 0.15) is 59.7 Å². The van der Waals surface area contributed by atoms with Crippen molar-refractivity contribution in [3.63, 3.8) is 0 Å². The van der Waals surface area contributed by atoms with Gasteiger partial charge in [-0.1, -0.05) is 35.4 Å². The molecule has 0 radical (unpaired) electrons. The van der Waals surface area contributed by atoms with Crippen LogP contribution in [0.15, 0.2) is 42.5 Å². The number of nitrogens with one attached hydrogen (secondary N) is 3. The molecule has 57 heavy (non-hydrogen) atoms. The molecular weight excluding hydrogens is 807 g/mol. The lowest BCUT2D eigenvalue weighted by Gasteiger charge is -2.24. The van der Waals surface area contributed by atoms with Crippen LogP contribution in [0, 0.1) is 41.2 Å². The van der Waals surface area contributed by atoms with Crippen LogP contribution in [-0.4, -0.2) is 56.3 Å². The van der Waals surface area contributed by atoms with Crippen molar-refractivity contribution in [1.29, 1.82) is 0 Å². The summed E-state index contributed by atoms with van der Waals surface area (Å²) < 4.78 is 129. The Morgan fingerprint density at radius 1 is 1.11 bits per heavy atom. The molecule has 296 valence electrons. The number of halogens is 8. The number of amides is 1. The van der Waals surface area contributed by atoms with Crippen molar-refractivity contribution >= 4 is 44.3 Å². The summed E-state index contributed by atoms with van der Waals surface area (Å²) in [6.45, 7) is 1.65. The zero-order chi connectivity index (χ0) is 41.4. The standard InChI is InChI=1S/C37H27ClF7N7O4S/c1-35(2,54)11-10-20-4-5-21(22-7-9-25(38)29-31(22)48-49-34(29)51-57(3,55)56)30(46-20)26(14-17-12-18(39)15-19(40)13-17)47-27(53)16-52-33-28(32(50-52)37(43,44)45)23-6-8-24(23)36(33,41)42/h4-5,7,9,12-13,15,23-24,26,54H,14,16H2,1-3H3,(H,47,53)(H2,48,49,51)/t23-,24+,26?/m0/s1. The van der Waals surface area contributed by atoms with Gasteiger partial charge in [0, 0.05) is 22.8 Å². The topological polar surface area (TPSA) is 155 Å². The molecule has 7 rings (SSSR count). The highest BCUT2D eigenvalue weighted by atomic mass is 35.5. The van der Waals surface area contributed by atoms with Crippen molar-refractivity contribution in [3.8, 4) is 34.8 Å². The van der Waals surface area contributed by atoms with Crippen LogP contribution < -0.4 is 10.0 Å². The molecule has 1 unspecified atom stereocenters.